The average molecular weight is 354 g/mol. The third-order valence-corrected chi connectivity index (χ3v) is 4.13. The van der Waals surface area contributed by atoms with Gasteiger partial charge in [-0.1, -0.05) is 36.4 Å². The van der Waals surface area contributed by atoms with Crippen LogP contribution in [0.15, 0.2) is 73.3 Å². The van der Waals surface area contributed by atoms with Gasteiger partial charge in [0.25, 0.3) is 0 Å². The summed E-state index contributed by atoms with van der Waals surface area (Å²) in [7, 11) is 0. The van der Waals surface area contributed by atoms with E-state index in [4.69, 9.17) is 0 Å². The van der Waals surface area contributed by atoms with E-state index in [2.05, 4.69) is 15.1 Å². The van der Waals surface area contributed by atoms with Crippen molar-refractivity contribution in [2.45, 2.75) is 12.2 Å². The number of nitrogens with zero attached hydrogens (tertiary/aromatic N) is 4. The standard InChI is InChI=1S/C19H13F3N4/c20-19(21,22)15-6-3-5-14(10-15)18(26-12-23-11-24-26)17-9-8-13-4-1-2-7-16(13)25-17/h1-12,18H. The summed E-state index contributed by atoms with van der Waals surface area (Å²) in [5.74, 6) is 0. The van der Waals surface area contributed by atoms with Gasteiger partial charge in [0.05, 0.1) is 16.8 Å². The molecule has 2 heterocycles. The van der Waals surface area contributed by atoms with Crippen molar-refractivity contribution in [2.24, 2.45) is 0 Å². The molecular weight excluding hydrogens is 341 g/mol. The number of halogens is 3. The highest BCUT2D eigenvalue weighted by Gasteiger charge is 2.31. The number of aromatic nitrogens is 4. The van der Waals surface area contributed by atoms with E-state index in [1.807, 2.05) is 30.3 Å². The van der Waals surface area contributed by atoms with E-state index in [0.717, 1.165) is 23.0 Å². The van der Waals surface area contributed by atoms with Crippen molar-refractivity contribution in [2.75, 3.05) is 0 Å². The number of para-hydroxylation sites is 1. The summed E-state index contributed by atoms with van der Waals surface area (Å²) in [5.41, 5.74) is 1.09. The quantitative estimate of drug-likeness (QED) is 0.545. The smallest absolute Gasteiger partial charge is 0.250 e. The van der Waals surface area contributed by atoms with Gasteiger partial charge >= 0.3 is 6.18 Å². The van der Waals surface area contributed by atoms with Crippen molar-refractivity contribution in [3.63, 3.8) is 0 Å². The molecule has 1 atom stereocenters. The highest BCUT2D eigenvalue weighted by molar-refractivity contribution is 5.78. The molecule has 0 amide bonds. The van der Waals surface area contributed by atoms with E-state index >= 15 is 0 Å². The zero-order valence-corrected chi connectivity index (χ0v) is 13.4. The Labute approximate surface area is 147 Å². The fourth-order valence-corrected chi connectivity index (χ4v) is 2.93. The maximum absolute atomic E-state index is 13.1. The number of benzene rings is 2. The van der Waals surface area contributed by atoms with Crippen LogP contribution in [0.1, 0.15) is 22.9 Å². The fraction of sp³-hybridized carbons (Fsp3) is 0.105. The maximum Gasteiger partial charge on any atom is 0.416 e. The highest BCUT2D eigenvalue weighted by Crippen LogP contribution is 2.33. The normalized spacial score (nSPS) is 13.0. The monoisotopic (exact) mass is 354 g/mol. The van der Waals surface area contributed by atoms with Gasteiger partial charge in [-0.05, 0) is 29.8 Å². The minimum absolute atomic E-state index is 0.438. The molecule has 1 unspecified atom stereocenters. The molecule has 4 nitrogen and oxygen atoms in total. The van der Waals surface area contributed by atoms with Crippen LogP contribution in [0.3, 0.4) is 0 Å². The molecule has 0 bridgehead atoms. The van der Waals surface area contributed by atoms with E-state index in [9.17, 15) is 13.2 Å². The molecule has 0 aliphatic carbocycles. The van der Waals surface area contributed by atoms with Gasteiger partial charge in [-0.15, -0.1) is 0 Å². The van der Waals surface area contributed by atoms with Crippen LogP contribution in [0.2, 0.25) is 0 Å². The SMILES string of the molecule is FC(F)(F)c1cccc(C(c2ccc3ccccc3n2)n2cncn2)c1. The minimum Gasteiger partial charge on any atom is -0.250 e. The number of pyridine rings is 1. The molecule has 0 aliphatic heterocycles. The molecule has 2 aromatic carbocycles. The van der Waals surface area contributed by atoms with Crippen molar-refractivity contribution in [3.05, 3.63) is 90.1 Å². The Kier molecular flexibility index (Phi) is 3.91. The van der Waals surface area contributed by atoms with Crippen molar-refractivity contribution >= 4 is 10.9 Å². The molecule has 0 radical (unpaired) electrons. The summed E-state index contributed by atoms with van der Waals surface area (Å²) in [6, 6.07) is 15.9. The number of rotatable bonds is 3. The summed E-state index contributed by atoms with van der Waals surface area (Å²) >= 11 is 0. The Hall–Kier alpha value is -3.22. The summed E-state index contributed by atoms with van der Waals surface area (Å²) in [6.45, 7) is 0. The Morgan fingerprint density at radius 2 is 1.77 bits per heavy atom. The number of fused-ring (bicyclic) bond motifs is 1. The molecule has 2 aromatic heterocycles. The molecule has 4 aromatic rings. The molecule has 0 fully saturated rings. The van der Waals surface area contributed by atoms with Crippen molar-refractivity contribution < 1.29 is 13.2 Å². The predicted molar refractivity (Wildman–Crippen MR) is 90.5 cm³/mol. The lowest BCUT2D eigenvalue weighted by Gasteiger charge is -2.19. The highest BCUT2D eigenvalue weighted by atomic mass is 19.4. The van der Waals surface area contributed by atoms with E-state index in [1.165, 1.54) is 23.4 Å². The van der Waals surface area contributed by atoms with Crippen LogP contribution in [-0.4, -0.2) is 19.7 Å². The van der Waals surface area contributed by atoms with Crippen molar-refractivity contribution in [1.82, 2.24) is 19.7 Å². The average Bonchev–Trinajstić information content (AvgIpc) is 3.16. The summed E-state index contributed by atoms with van der Waals surface area (Å²) < 4.78 is 40.9. The molecule has 7 heteroatoms. The van der Waals surface area contributed by atoms with E-state index in [-0.39, 0.29) is 0 Å². The van der Waals surface area contributed by atoms with Gasteiger partial charge < -0.3 is 0 Å². The first-order valence-electron chi connectivity index (χ1n) is 7.89. The fourth-order valence-electron chi connectivity index (χ4n) is 2.93. The Morgan fingerprint density at radius 1 is 0.923 bits per heavy atom. The molecule has 130 valence electrons. The van der Waals surface area contributed by atoms with Gasteiger partial charge in [0.1, 0.15) is 18.7 Å². The summed E-state index contributed by atoms with van der Waals surface area (Å²) in [6.07, 6.45) is -1.59. The van der Waals surface area contributed by atoms with Crippen LogP contribution in [0.25, 0.3) is 10.9 Å². The number of alkyl halides is 3. The lowest BCUT2D eigenvalue weighted by atomic mass is 10.00. The van der Waals surface area contributed by atoms with Gasteiger partial charge in [-0.3, -0.25) is 4.98 Å². The third-order valence-electron chi connectivity index (χ3n) is 4.13. The molecule has 0 saturated heterocycles. The van der Waals surface area contributed by atoms with Crippen molar-refractivity contribution in [1.29, 1.82) is 0 Å². The van der Waals surface area contributed by atoms with E-state index in [0.29, 0.717) is 11.3 Å². The second kappa shape index (κ2) is 6.25. The lowest BCUT2D eigenvalue weighted by Crippen LogP contribution is -2.16. The van der Waals surface area contributed by atoms with Gasteiger partial charge in [0, 0.05) is 5.39 Å². The summed E-state index contributed by atoms with van der Waals surface area (Å²) in [5, 5.41) is 5.08. The third kappa shape index (κ3) is 3.03. The predicted octanol–water partition coefficient (Wildman–Crippen LogP) is 4.48. The van der Waals surface area contributed by atoms with Gasteiger partial charge in [-0.2, -0.15) is 18.3 Å². The van der Waals surface area contributed by atoms with Gasteiger partial charge in [0.2, 0.25) is 0 Å². The van der Waals surface area contributed by atoms with Crippen LogP contribution in [-0.2, 0) is 6.18 Å². The molecule has 0 N–H and O–H groups in total. The lowest BCUT2D eigenvalue weighted by molar-refractivity contribution is -0.137. The first-order valence-corrected chi connectivity index (χ1v) is 7.89. The molecule has 0 spiro atoms. The first kappa shape index (κ1) is 16.3. The van der Waals surface area contributed by atoms with Crippen LogP contribution in [0.5, 0.6) is 0 Å². The topological polar surface area (TPSA) is 43.6 Å². The largest absolute Gasteiger partial charge is 0.416 e. The molecule has 0 saturated carbocycles. The second-order valence-electron chi connectivity index (χ2n) is 5.83. The minimum atomic E-state index is -4.42. The zero-order valence-electron chi connectivity index (χ0n) is 13.4. The Bertz CT molecular complexity index is 1040. The van der Waals surface area contributed by atoms with Crippen LogP contribution in [0, 0.1) is 0 Å². The molecule has 4 rings (SSSR count). The maximum atomic E-state index is 13.1. The number of hydrogen-bond donors (Lipinski definition) is 0. The van der Waals surface area contributed by atoms with Crippen LogP contribution < -0.4 is 0 Å². The molecule has 0 aliphatic rings. The van der Waals surface area contributed by atoms with E-state index < -0.39 is 17.8 Å². The second-order valence-corrected chi connectivity index (χ2v) is 5.83. The zero-order chi connectivity index (χ0) is 18.1. The first-order chi connectivity index (χ1) is 12.5. The molecular formula is C19H13F3N4. The van der Waals surface area contributed by atoms with Gasteiger partial charge in [0.15, 0.2) is 0 Å². The van der Waals surface area contributed by atoms with E-state index in [1.54, 1.807) is 12.1 Å². The van der Waals surface area contributed by atoms with Crippen LogP contribution in [0.4, 0.5) is 13.2 Å². The van der Waals surface area contributed by atoms with Gasteiger partial charge in [-0.25, -0.2) is 9.67 Å². The Morgan fingerprint density at radius 3 is 2.54 bits per heavy atom. The number of hydrogen-bond acceptors (Lipinski definition) is 3. The Balaban J connectivity index is 1.88. The molecule has 26 heavy (non-hydrogen) atoms. The van der Waals surface area contributed by atoms with Crippen LogP contribution >= 0.6 is 0 Å². The van der Waals surface area contributed by atoms with Crippen molar-refractivity contribution in [3.8, 4) is 0 Å². The summed E-state index contributed by atoms with van der Waals surface area (Å²) in [4.78, 5) is 8.56.